The summed E-state index contributed by atoms with van der Waals surface area (Å²) in [6, 6.07) is 38.3. The molecule has 0 amide bonds. The number of alkyl halides is 4. The summed E-state index contributed by atoms with van der Waals surface area (Å²) >= 11 is -6.00. The first-order valence-electron chi connectivity index (χ1n) is 15.3. The van der Waals surface area contributed by atoms with E-state index in [1.165, 1.54) is 0 Å². The molecule has 252 valence electrons. The molecule has 0 bridgehead atoms. The van der Waals surface area contributed by atoms with E-state index in [1.54, 1.807) is 0 Å². The Morgan fingerprint density at radius 3 is 1.08 bits per heavy atom. The first-order chi connectivity index (χ1) is 22.9. The minimum absolute atomic E-state index is 0.427. The predicted molar refractivity (Wildman–Crippen MR) is 201 cm³/mol. The number of benzene rings is 5. The molecule has 0 N–H and O–H groups in total. The second-order valence-electron chi connectivity index (χ2n) is 12.0. The summed E-state index contributed by atoms with van der Waals surface area (Å²) in [6.45, 7) is 8.00. The van der Waals surface area contributed by atoms with Crippen molar-refractivity contribution in [2.75, 3.05) is 0 Å². The van der Waals surface area contributed by atoms with Crippen LogP contribution in [-0.2, 0) is 21.7 Å². The third-order valence-corrected chi connectivity index (χ3v) is 20.6. The van der Waals surface area contributed by atoms with E-state index in [-0.39, 0.29) is 0 Å². The molecule has 5 aromatic carbocycles. The number of hydrogen-bond donors (Lipinski definition) is 0. The predicted octanol–water partition coefficient (Wildman–Crippen LogP) is 11.2. The Kier molecular flexibility index (Phi) is 12.0. The topological polar surface area (TPSA) is 18.5 Å². The zero-order chi connectivity index (χ0) is 34.5. The summed E-state index contributed by atoms with van der Waals surface area (Å²) in [4.78, 5) is 0. The Labute approximate surface area is 295 Å². The molecular weight excluding hydrogens is 848 g/mol. The van der Waals surface area contributed by atoms with Crippen molar-refractivity contribution < 1.29 is 27.9 Å². The van der Waals surface area contributed by atoms with Crippen LogP contribution in [-0.4, -0.2) is 7.12 Å². The van der Waals surface area contributed by atoms with E-state index >= 15 is 8.78 Å². The van der Waals surface area contributed by atoms with Crippen LogP contribution in [0.3, 0.4) is 0 Å². The third-order valence-electron chi connectivity index (χ3n) is 8.07. The van der Waals surface area contributed by atoms with E-state index in [9.17, 15) is 13.2 Å². The fourth-order valence-electron chi connectivity index (χ4n) is 5.07. The van der Waals surface area contributed by atoms with Crippen molar-refractivity contribution in [3.8, 4) is 0 Å². The Morgan fingerprint density at radius 2 is 0.750 bits per heavy atom. The molecule has 0 spiro atoms. The second kappa shape index (κ2) is 15.8. The Morgan fingerprint density at radius 1 is 0.458 bits per heavy atom. The molecule has 2 nitrogen and oxygen atoms in total. The van der Waals surface area contributed by atoms with E-state index in [4.69, 9.17) is 5.97 Å². The SMILES string of the molecule is CC(C)(c1ccccc1)I(Cc1ccccc1)OB(OI(Cc1ccccc1)C(C)(C)c1ccccc1)c1c(F)c(F)c(F)c(F)c1F. The van der Waals surface area contributed by atoms with Crippen molar-refractivity contribution in [1.29, 1.82) is 0 Å². The van der Waals surface area contributed by atoms with Gasteiger partial charge >= 0.3 is 297 Å². The Balaban J connectivity index is 1.68. The molecule has 0 radical (unpaired) electrons. The van der Waals surface area contributed by atoms with Gasteiger partial charge in [-0.05, 0) is 0 Å². The normalized spacial score (nSPS) is 12.5. The summed E-state index contributed by atoms with van der Waals surface area (Å²) in [5, 5.41) is 0. The molecule has 5 aromatic rings. The van der Waals surface area contributed by atoms with Gasteiger partial charge < -0.3 is 0 Å². The standard InChI is InChI=1S/C38H36BF5I2O2/c1-37(2,29-21-13-7-14-22-29)45(25-27-17-9-5-10-18-27)47-39(31-32(40)34(42)36(44)35(43)33(31)41)48-46(26-28-19-11-6-12-20-28)38(3,4)30-23-15-8-16-24-30/h5-24H,25-26H2,1-4H3. The molecule has 0 unspecified atom stereocenters. The van der Waals surface area contributed by atoms with Gasteiger partial charge in [0.2, 0.25) is 0 Å². The maximum absolute atomic E-state index is 15.8. The van der Waals surface area contributed by atoms with Crippen molar-refractivity contribution in [3.05, 3.63) is 173 Å². The van der Waals surface area contributed by atoms with Gasteiger partial charge in [0.25, 0.3) is 0 Å². The Hall–Kier alpha value is -2.81. The zero-order valence-electron chi connectivity index (χ0n) is 27.0. The van der Waals surface area contributed by atoms with Gasteiger partial charge in [0, 0.05) is 0 Å². The first kappa shape index (κ1) is 36.5. The Bertz CT molecular complexity index is 1670. The molecule has 0 aromatic heterocycles. The van der Waals surface area contributed by atoms with Crippen LogP contribution in [0.25, 0.3) is 0 Å². The summed E-state index contributed by atoms with van der Waals surface area (Å²) in [5.74, 6) is -10.2. The van der Waals surface area contributed by atoms with Crippen molar-refractivity contribution in [1.82, 2.24) is 0 Å². The summed E-state index contributed by atoms with van der Waals surface area (Å²) < 4.78 is 89.0. The average molecular weight is 884 g/mol. The number of halogens is 7. The van der Waals surface area contributed by atoms with Crippen LogP contribution in [0.4, 0.5) is 22.0 Å². The van der Waals surface area contributed by atoms with Crippen LogP contribution in [0.1, 0.15) is 49.9 Å². The molecule has 0 heterocycles. The fraction of sp³-hybridized carbons (Fsp3) is 0.211. The van der Waals surface area contributed by atoms with Gasteiger partial charge in [-0.2, -0.15) is 0 Å². The van der Waals surface area contributed by atoms with Crippen LogP contribution < -0.4 is 5.46 Å². The van der Waals surface area contributed by atoms with Crippen molar-refractivity contribution in [2.45, 2.75) is 43.4 Å². The summed E-state index contributed by atoms with van der Waals surface area (Å²) in [6.07, 6.45) is 0. The number of hydrogen-bond acceptors (Lipinski definition) is 2. The van der Waals surface area contributed by atoms with E-state index in [1.807, 2.05) is 149 Å². The van der Waals surface area contributed by atoms with Crippen LogP contribution in [0.2, 0.25) is 0 Å². The third kappa shape index (κ3) is 8.14. The van der Waals surface area contributed by atoms with Crippen molar-refractivity contribution in [3.63, 3.8) is 0 Å². The molecule has 0 fully saturated rings. The molecule has 48 heavy (non-hydrogen) atoms. The van der Waals surface area contributed by atoms with Gasteiger partial charge in [-0.15, -0.1) is 0 Å². The van der Waals surface area contributed by atoms with Crippen molar-refractivity contribution in [2.24, 2.45) is 0 Å². The molecule has 10 heteroatoms. The van der Waals surface area contributed by atoms with E-state index in [0.29, 0.717) is 8.86 Å². The molecular formula is C38H36BF5I2O2. The van der Waals surface area contributed by atoms with Gasteiger partial charge in [-0.3, -0.25) is 0 Å². The summed E-state index contributed by atoms with van der Waals surface area (Å²) in [7, 11) is -1.84. The number of rotatable bonds is 13. The van der Waals surface area contributed by atoms with E-state index in [2.05, 4.69) is 0 Å². The van der Waals surface area contributed by atoms with Crippen LogP contribution in [0.5, 0.6) is 0 Å². The van der Waals surface area contributed by atoms with E-state index in [0.717, 1.165) is 22.3 Å². The van der Waals surface area contributed by atoms with E-state index < -0.39 is 89.0 Å². The monoisotopic (exact) mass is 884 g/mol. The molecule has 0 saturated heterocycles. The molecule has 0 atom stereocenters. The van der Waals surface area contributed by atoms with Gasteiger partial charge in [-0.1, -0.05) is 0 Å². The zero-order valence-corrected chi connectivity index (χ0v) is 31.3. The van der Waals surface area contributed by atoms with Crippen LogP contribution in [0.15, 0.2) is 121 Å². The molecule has 0 aliphatic rings. The molecule has 0 saturated carbocycles. The summed E-state index contributed by atoms with van der Waals surface area (Å²) in [5.41, 5.74) is 2.65. The van der Waals surface area contributed by atoms with Crippen molar-refractivity contribution >= 4 is 53.0 Å². The van der Waals surface area contributed by atoms with Gasteiger partial charge in [0.05, 0.1) is 0 Å². The quantitative estimate of drug-likeness (QED) is 0.0293. The van der Waals surface area contributed by atoms with Gasteiger partial charge in [0.1, 0.15) is 0 Å². The molecule has 0 aliphatic carbocycles. The second-order valence-corrected chi connectivity index (χ2v) is 23.6. The average Bonchev–Trinajstić information content (AvgIpc) is 3.11. The minimum atomic E-state index is -3.00. The van der Waals surface area contributed by atoms with Gasteiger partial charge in [-0.25, -0.2) is 0 Å². The molecule has 5 rings (SSSR count). The van der Waals surface area contributed by atoms with Crippen LogP contribution in [0, 0.1) is 29.1 Å². The fourth-order valence-corrected chi connectivity index (χ4v) is 15.6. The van der Waals surface area contributed by atoms with Crippen LogP contribution >= 0.6 is 40.5 Å². The maximum atomic E-state index is 15.8. The molecule has 0 aliphatic heterocycles. The van der Waals surface area contributed by atoms with Gasteiger partial charge in [0.15, 0.2) is 0 Å². The first-order valence-corrected chi connectivity index (χ1v) is 22.2.